The SMILES string of the molecule is Cc1cc(C(=O)N[C@@H](CC(F)C(=O)O)C(=O)O)ccc1NCc1cnc2nc(N)nc(N)c2n1. The number of anilines is 3. The number of amides is 1. The number of nitrogen functional groups attached to an aromatic ring is 2. The number of carboxylic acid groups (broad SMARTS) is 2. The Morgan fingerprint density at radius 1 is 1.12 bits per heavy atom. The van der Waals surface area contributed by atoms with E-state index >= 15 is 0 Å². The summed E-state index contributed by atoms with van der Waals surface area (Å²) in [4.78, 5) is 50.7. The summed E-state index contributed by atoms with van der Waals surface area (Å²) in [6, 6.07) is 2.84. The van der Waals surface area contributed by atoms with Crippen molar-refractivity contribution < 1.29 is 29.0 Å². The number of aryl methyl sites for hydroxylation is 1. The second-order valence-electron chi connectivity index (χ2n) is 7.29. The number of nitrogens with zero attached hydrogens (tertiary/aromatic N) is 4. The molecule has 34 heavy (non-hydrogen) atoms. The van der Waals surface area contributed by atoms with Gasteiger partial charge in [0.15, 0.2) is 23.2 Å². The lowest BCUT2D eigenvalue weighted by molar-refractivity contribution is -0.145. The normalized spacial score (nSPS) is 12.6. The highest BCUT2D eigenvalue weighted by Crippen LogP contribution is 2.19. The lowest BCUT2D eigenvalue weighted by atomic mass is 10.1. The average Bonchev–Trinajstić information content (AvgIpc) is 2.77. The zero-order chi connectivity index (χ0) is 25.0. The van der Waals surface area contributed by atoms with Crippen LogP contribution >= 0.6 is 0 Å². The summed E-state index contributed by atoms with van der Waals surface area (Å²) in [6.45, 7) is 1.98. The maximum atomic E-state index is 13.4. The second kappa shape index (κ2) is 9.89. The van der Waals surface area contributed by atoms with Gasteiger partial charge in [0, 0.05) is 17.7 Å². The number of hydrogen-bond acceptors (Lipinski definition) is 10. The number of fused-ring (bicyclic) bond motifs is 1. The molecule has 0 fully saturated rings. The number of carbonyl (C=O) groups is 3. The van der Waals surface area contributed by atoms with E-state index < -0.39 is 36.5 Å². The number of nitrogens with one attached hydrogen (secondary N) is 2. The predicted octanol–water partition coefficient (Wildman–Crippen LogP) is 0.501. The van der Waals surface area contributed by atoms with Crippen molar-refractivity contribution in [2.75, 3.05) is 16.8 Å². The Balaban J connectivity index is 1.68. The molecule has 0 bridgehead atoms. The van der Waals surface area contributed by atoms with Crippen LogP contribution < -0.4 is 22.1 Å². The van der Waals surface area contributed by atoms with Crippen LogP contribution in [0.3, 0.4) is 0 Å². The van der Waals surface area contributed by atoms with Gasteiger partial charge in [-0.25, -0.2) is 23.9 Å². The Bertz CT molecular complexity index is 1270. The highest BCUT2D eigenvalue weighted by Gasteiger charge is 2.28. The summed E-state index contributed by atoms with van der Waals surface area (Å²) in [5, 5.41) is 23.1. The van der Waals surface area contributed by atoms with Crippen LogP contribution in [-0.2, 0) is 16.1 Å². The molecule has 1 unspecified atom stereocenters. The third kappa shape index (κ3) is 5.59. The standard InChI is InChI=1S/C20H21FN8O5/c1-8-4-9(17(30)27-13(19(33)34)5-11(21)18(31)32)2-3-12(8)24-6-10-7-25-16-14(26-10)15(22)28-20(23)29-16/h2-4,7,11,13,24H,5-6H2,1H3,(H,27,30)(H,31,32)(H,33,34)(H4,22,23,25,28,29)/t11?,13-/m0/s1. The van der Waals surface area contributed by atoms with E-state index in [1.807, 2.05) is 0 Å². The Kier molecular flexibility index (Phi) is 6.99. The molecular formula is C20H21FN8O5. The zero-order valence-corrected chi connectivity index (χ0v) is 17.8. The third-order valence-electron chi connectivity index (χ3n) is 4.76. The molecule has 2 heterocycles. The fraction of sp³-hybridized carbons (Fsp3) is 0.250. The maximum Gasteiger partial charge on any atom is 0.338 e. The number of aliphatic carboxylic acids is 2. The molecule has 0 aliphatic heterocycles. The van der Waals surface area contributed by atoms with Crippen LogP contribution in [0, 0.1) is 6.92 Å². The second-order valence-corrected chi connectivity index (χ2v) is 7.29. The monoisotopic (exact) mass is 472 g/mol. The van der Waals surface area contributed by atoms with Gasteiger partial charge in [-0.2, -0.15) is 9.97 Å². The van der Waals surface area contributed by atoms with E-state index in [2.05, 4.69) is 30.6 Å². The maximum absolute atomic E-state index is 13.4. The fourth-order valence-electron chi connectivity index (χ4n) is 3.03. The highest BCUT2D eigenvalue weighted by atomic mass is 19.1. The Hall–Kier alpha value is -4.62. The molecule has 1 amide bonds. The van der Waals surface area contributed by atoms with Crippen LogP contribution in [0.2, 0.25) is 0 Å². The van der Waals surface area contributed by atoms with Gasteiger partial charge < -0.3 is 32.3 Å². The van der Waals surface area contributed by atoms with E-state index in [0.29, 0.717) is 22.5 Å². The van der Waals surface area contributed by atoms with Gasteiger partial charge in [-0.05, 0) is 30.7 Å². The molecule has 0 spiro atoms. The molecule has 0 saturated heterocycles. The highest BCUT2D eigenvalue weighted by molar-refractivity contribution is 5.97. The van der Waals surface area contributed by atoms with E-state index in [0.717, 1.165) is 0 Å². The van der Waals surface area contributed by atoms with Gasteiger partial charge in [0.2, 0.25) is 5.95 Å². The van der Waals surface area contributed by atoms with Crippen LogP contribution in [-0.4, -0.2) is 60.2 Å². The molecule has 0 aliphatic carbocycles. The quantitative estimate of drug-likeness (QED) is 0.251. The van der Waals surface area contributed by atoms with Crippen LogP contribution in [0.15, 0.2) is 24.4 Å². The number of benzene rings is 1. The zero-order valence-electron chi connectivity index (χ0n) is 17.8. The van der Waals surface area contributed by atoms with Gasteiger partial charge in [0.1, 0.15) is 6.04 Å². The van der Waals surface area contributed by atoms with Gasteiger partial charge in [-0.3, -0.25) is 4.79 Å². The smallest absolute Gasteiger partial charge is 0.338 e. The lowest BCUT2D eigenvalue weighted by Gasteiger charge is -2.16. The Labute approximate surface area is 191 Å². The van der Waals surface area contributed by atoms with Gasteiger partial charge in [0.25, 0.3) is 5.91 Å². The minimum Gasteiger partial charge on any atom is -0.480 e. The number of hydrogen-bond donors (Lipinski definition) is 6. The summed E-state index contributed by atoms with van der Waals surface area (Å²) in [5.74, 6) is -4.04. The molecule has 0 radical (unpaired) electrons. The van der Waals surface area contributed by atoms with Crippen LogP contribution in [0.4, 0.5) is 21.8 Å². The molecule has 3 rings (SSSR count). The molecule has 0 saturated carbocycles. The molecule has 0 aliphatic rings. The van der Waals surface area contributed by atoms with Crippen LogP contribution in [0.1, 0.15) is 28.0 Å². The minimum absolute atomic E-state index is 0.00833. The number of halogens is 1. The molecule has 2 atom stereocenters. The van der Waals surface area contributed by atoms with E-state index in [9.17, 15) is 18.8 Å². The molecule has 13 nitrogen and oxygen atoms in total. The number of rotatable bonds is 9. The van der Waals surface area contributed by atoms with Gasteiger partial charge in [-0.1, -0.05) is 0 Å². The Morgan fingerprint density at radius 2 is 1.85 bits per heavy atom. The average molecular weight is 472 g/mol. The summed E-state index contributed by atoms with van der Waals surface area (Å²) < 4.78 is 13.4. The van der Waals surface area contributed by atoms with Crippen molar-refractivity contribution in [3.05, 3.63) is 41.2 Å². The Morgan fingerprint density at radius 3 is 2.50 bits per heavy atom. The first-order valence-corrected chi connectivity index (χ1v) is 9.84. The van der Waals surface area contributed by atoms with Crippen molar-refractivity contribution in [1.29, 1.82) is 0 Å². The first-order valence-electron chi connectivity index (χ1n) is 9.84. The first kappa shape index (κ1) is 24.0. The van der Waals surface area contributed by atoms with Gasteiger partial charge in [0.05, 0.1) is 18.4 Å². The van der Waals surface area contributed by atoms with Crippen molar-refractivity contribution >= 4 is 46.5 Å². The van der Waals surface area contributed by atoms with Crippen molar-refractivity contribution in [3.63, 3.8) is 0 Å². The summed E-state index contributed by atoms with van der Waals surface area (Å²) in [6.07, 6.45) is -1.82. The topological polar surface area (TPSA) is 219 Å². The van der Waals surface area contributed by atoms with Crippen LogP contribution in [0.5, 0.6) is 0 Å². The van der Waals surface area contributed by atoms with Crippen molar-refractivity contribution in [3.8, 4) is 0 Å². The number of carbonyl (C=O) groups excluding carboxylic acids is 1. The molecule has 3 aromatic rings. The lowest BCUT2D eigenvalue weighted by Crippen LogP contribution is -2.43. The molecular weight excluding hydrogens is 451 g/mol. The summed E-state index contributed by atoms with van der Waals surface area (Å²) >= 11 is 0. The van der Waals surface area contributed by atoms with Crippen molar-refractivity contribution in [2.24, 2.45) is 0 Å². The number of nitrogens with two attached hydrogens (primary N) is 2. The van der Waals surface area contributed by atoms with Gasteiger partial charge in [-0.15, -0.1) is 0 Å². The molecule has 1 aromatic carbocycles. The molecule has 14 heteroatoms. The fourth-order valence-corrected chi connectivity index (χ4v) is 3.03. The number of aromatic nitrogens is 4. The van der Waals surface area contributed by atoms with Crippen molar-refractivity contribution in [1.82, 2.24) is 25.3 Å². The first-order chi connectivity index (χ1) is 16.0. The number of carboxylic acids is 2. The summed E-state index contributed by atoms with van der Waals surface area (Å²) in [5.41, 5.74) is 13.9. The molecule has 8 N–H and O–H groups in total. The minimum atomic E-state index is -2.42. The van der Waals surface area contributed by atoms with E-state index in [4.69, 9.17) is 21.7 Å². The molecule has 178 valence electrons. The summed E-state index contributed by atoms with van der Waals surface area (Å²) in [7, 11) is 0. The molecule has 2 aromatic heterocycles. The van der Waals surface area contributed by atoms with Crippen LogP contribution in [0.25, 0.3) is 11.2 Å². The van der Waals surface area contributed by atoms with E-state index in [-0.39, 0.29) is 29.5 Å². The van der Waals surface area contributed by atoms with E-state index in [1.165, 1.54) is 18.3 Å². The van der Waals surface area contributed by atoms with E-state index in [1.54, 1.807) is 13.0 Å². The predicted molar refractivity (Wildman–Crippen MR) is 118 cm³/mol. The number of alkyl halides is 1. The van der Waals surface area contributed by atoms with Gasteiger partial charge >= 0.3 is 11.9 Å². The third-order valence-corrected chi connectivity index (χ3v) is 4.76. The largest absolute Gasteiger partial charge is 0.480 e. The van der Waals surface area contributed by atoms with Crippen molar-refractivity contribution in [2.45, 2.75) is 32.1 Å².